The van der Waals surface area contributed by atoms with Crippen LogP contribution in [0.15, 0.2) is 60.8 Å². The molecule has 31 heavy (non-hydrogen) atoms. The maximum absolute atomic E-state index is 14.5. The van der Waals surface area contributed by atoms with Crippen LogP contribution < -0.4 is 26.4 Å². The standard InChI is InChI=1S/C22H22FN5O3/c1-25-21(29)20-13-17(8-10-26-20)31-16-5-6-19(18(23)12-16)28-22(30)27-15-4-2-3-14(11-15)7-9-24/h2-6,8,10-13H,7,9,24H2,1H3,(H,25,29)(H2,27,28,30). The summed E-state index contributed by atoms with van der Waals surface area (Å²) in [5, 5.41) is 7.59. The van der Waals surface area contributed by atoms with Crippen molar-refractivity contribution in [3.05, 3.63) is 77.9 Å². The summed E-state index contributed by atoms with van der Waals surface area (Å²) in [4.78, 5) is 27.8. The first-order valence-electron chi connectivity index (χ1n) is 9.51. The van der Waals surface area contributed by atoms with Gasteiger partial charge in [-0.1, -0.05) is 12.1 Å². The summed E-state index contributed by atoms with van der Waals surface area (Å²) in [6.45, 7) is 0.502. The molecule has 3 rings (SSSR count). The van der Waals surface area contributed by atoms with Crippen LogP contribution in [0, 0.1) is 5.82 Å². The van der Waals surface area contributed by atoms with Gasteiger partial charge < -0.3 is 26.4 Å². The minimum absolute atomic E-state index is 0.0104. The van der Waals surface area contributed by atoms with Gasteiger partial charge in [-0.2, -0.15) is 0 Å². The largest absolute Gasteiger partial charge is 0.457 e. The van der Waals surface area contributed by atoms with Crippen LogP contribution in [0.4, 0.5) is 20.6 Å². The van der Waals surface area contributed by atoms with E-state index in [-0.39, 0.29) is 23.0 Å². The number of rotatable bonds is 7. The zero-order valence-electron chi connectivity index (χ0n) is 16.8. The molecule has 0 atom stereocenters. The Balaban J connectivity index is 1.65. The lowest BCUT2D eigenvalue weighted by molar-refractivity contribution is 0.0958. The lowest BCUT2D eigenvalue weighted by atomic mass is 10.1. The number of aromatic nitrogens is 1. The van der Waals surface area contributed by atoms with Crippen molar-refractivity contribution in [2.75, 3.05) is 24.2 Å². The van der Waals surface area contributed by atoms with Crippen molar-refractivity contribution >= 4 is 23.3 Å². The molecule has 1 aromatic heterocycles. The van der Waals surface area contributed by atoms with Gasteiger partial charge in [0.25, 0.3) is 5.91 Å². The van der Waals surface area contributed by atoms with E-state index in [4.69, 9.17) is 10.5 Å². The Morgan fingerprint density at radius 1 is 1.06 bits per heavy atom. The smallest absolute Gasteiger partial charge is 0.323 e. The quantitative estimate of drug-likeness (QED) is 0.464. The van der Waals surface area contributed by atoms with Gasteiger partial charge in [-0.15, -0.1) is 0 Å². The number of amides is 3. The summed E-state index contributed by atoms with van der Waals surface area (Å²) in [5.41, 5.74) is 7.27. The van der Waals surface area contributed by atoms with Crippen LogP contribution in [-0.4, -0.2) is 30.5 Å². The number of hydrogen-bond donors (Lipinski definition) is 4. The van der Waals surface area contributed by atoms with Crippen LogP contribution in [0.3, 0.4) is 0 Å². The van der Waals surface area contributed by atoms with E-state index < -0.39 is 11.8 Å². The van der Waals surface area contributed by atoms with Crippen LogP contribution >= 0.6 is 0 Å². The number of carbonyl (C=O) groups is 2. The number of anilines is 2. The first-order valence-corrected chi connectivity index (χ1v) is 9.51. The Bertz CT molecular complexity index is 1090. The molecule has 1 heterocycles. The van der Waals surface area contributed by atoms with E-state index in [0.717, 1.165) is 11.6 Å². The summed E-state index contributed by atoms with van der Waals surface area (Å²) < 4.78 is 20.1. The SMILES string of the molecule is CNC(=O)c1cc(Oc2ccc(NC(=O)Nc3cccc(CCN)c3)c(F)c2)ccn1. The molecule has 0 bridgehead atoms. The van der Waals surface area contributed by atoms with Crippen LogP contribution in [0.25, 0.3) is 0 Å². The predicted molar refractivity (Wildman–Crippen MR) is 116 cm³/mol. The topological polar surface area (TPSA) is 118 Å². The van der Waals surface area contributed by atoms with Gasteiger partial charge in [0, 0.05) is 31.1 Å². The first kappa shape index (κ1) is 21.7. The fourth-order valence-corrected chi connectivity index (χ4v) is 2.78. The molecular weight excluding hydrogens is 401 g/mol. The number of pyridine rings is 1. The third-order valence-corrected chi connectivity index (χ3v) is 4.23. The van der Waals surface area contributed by atoms with E-state index in [1.807, 2.05) is 18.2 Å². The molecule has 0 spiro atoms. The molecule has 3 aromatic rings. The molecule has 0 unspecified atom stereocenters. The highest BCUT2D eigenvalue weighted by Gasteiger charge is 2.11. The summed E-state index contributed by atoms with van der Waals surface area (Å²) in [6, 6.07) is 13.7. The summed E-state index contributed by atoms with van der Waals surface area (Å²) in [7, 11) is 1.49. The van der Waals surface area contributed by atoms with Crippen molar-refractivity contribution in [1.82, 2.24) is 10.3 Å². The first-order chi connectivity index (χ1) is 15.0. The van der Waals surface area contributed by atoms with Gasteiger partial charge in [0.1, 0.15) is 23.0 Å². The van der Waals surface area contributed by atoms with Gasteiger partial charge in [0.2, 0.25) is 0 Å². The lowest BCUT2D eigenvalue weighted by Crippen LogP contribution is -2.20. The summed E-state index contributed by atoms with van der Waals surface area (Å²) in [6.07, 6.45) is 2.11. The monoisotopic (exact) mass is 423 g/mol. The van der Waals surface area contributed by atoms with Crippen LogP contribution in [0.2, 0.25) is 0 Å². The molecule has 9 heteroatoms. The summed E-state index contributed by atoms with van der Waals surface area (Å²) >= 11 is 0. The zero-order chi connectivity index (χ0) is 22.2. The number of nitrogens with one attached hydrogen (secondary N) is 3. The third kappa shape index (κ3) is 6.00. The van der Waals surface area contributed by atoms with E-state index in [9.17, 15) is 14.0 Å². The number of hydrogen-bond acceptors (Lipinski definition) is 5. The van der Waals surface area contributed by atoms with E-state index in [0.29, 0.717) is 24.4 Å². The number of nitrogens with zero attached hydrogens (tertiary/aromatic N) is 1. The molecule has 5 N–H and O–H groups in total. The van der Waals surface area contributed by atoms with Gasteiger partial charge in [-0.25, -0.2) is 9.18 Å². The van der Waals surface area contributed by atoms with E-state index in [1.165, 1.54) is 31.4 Å². The minimum atomic E-state index is -0.676. The number of ether oxygens (including phenoxy) is 1. The van der Waals surface area contributed by atoms with Crippen molar-refractivity contribution in [3.63, 3.8) is 0 Å². The maximum Gasteiger partial charge on any atom is 0.323 e. The van der Waals surface area contributed by atoms with Crippen molar-refractivity contribution in [3.8, 4) is 11.5 Å². The van der Waals surface area contributed by atoms with Crippen LogP contribution in [-0.2, 0) is 6.42 Å². The highest BCUT2D eigenvalue weighted by molar-refractivity contribution is 5.99. The maximum atomic E-state index is 14.5. The van der Waals surface area contributed by atoms with E-state index >= 15 is 0 Å². The predicted octanol–water partition coefficient (Wildman–Crippen LogP) is 3.52. The minimum Gasteiger partial charge on any atom is -0.457 e. The molecular formula is C22H22FN5O3. The van der Waals surface area contributed by atoms with Gasteiger partial charge in [-0.05, 0) is 48.9 Å². The molecule has 0 aliphatic heterocycles. The average molecular weight is 423 g/mol. The Labute approximate surface area is 178 Å². The molecule has 0 fully saturated rings. The van der Waals surface area contributed by atoms with Gasteiger partial charge in [-0.3, -0.25) is 9.78 Å². The fourth-order valence-electron chi connectivity index (χ4n) is 2.78. The second kappa shape index (κ2) is 10.2. The highest BCUT2D eigenvalue weighted by atomic mass is 19.1. The second-order valence-corrected chi connectivity index (χ2v) is 6.52. The molecule has 2 aromatic carbocycles. The number of halogens is 1. The van der Waals surface area contributed by atoms with Crippen molar-refractivity contribution in [2.45, 2.75) is 6.42 Å². The van der Waals surface area contributed by atoms with Gasteiger partial charge >= 0.3 is 6.03 Å². The van der Waals surface area contributed by atoms with Crippen LogP contribution in [0.1, 0.15) is 16.1 Å². The van der Waals surface area contributed by atoms with Gasteiger partial charge in [0.05, 0.1) is 5.69 Å². The highest BCUT2D eigenvalue weighted by Crippen LogP contribution is 2.26. The molecule has 8 nitrogen and oxygen atoms in total. The molecule has 3 amide bonds. The van der Waals surface area contributed by atoms with E-state index in [1.54, 1.807) is 12.1 Å². The second-order valence-electron chi connectivity index (χ2n) is 6.52. The average Bonchev–Trinajstić information content (AvgIpc) is 2.76. The number of carbonyl (C=O) groups excluding carboxylic acids is 2. The normalized spacial score (nSPS) is 10.3. The molecule has 0 saturated heterocycles. The Hall–Kier alpha value is -3.98. The number of urea groups is 1. The van der Waals surface area contributed by atoms with E-state index in [2.05, 4.69) is 20.9 Å². The van der Waals surface area contributed by atoms with Crippen molar-refractivity contribution in [2.24, 2.45) is 5.73 Å². The van der Waals surface area contributed by atoms with Gasteiger partial charge in [0.15, 0.2) is 0 Å². The molecule has 0 aliphatic carbocycles. The van der Waals surface area contributed by atoms with Crippen LogP contribution in [0.5, 0.6) is 11.5 Å². The Kier molecular flexibility index (Phi) is 7.13. The number of nitrogens with two attached hydrogens (primary N) is 1. The van der Waals surface area contributed by atoms with Crippen molar-refractivity contribution in [1.29, 1.82) is 0 Å². The molecule has 0 radical (unpaired) electrons. The molecule has 160 valence electrons. The molecule has 0 aliphatic rings. The Morgan fingerprint density at radius 2 is 1.87 bits per heavy atom. The lowest BCUT2D eigenvalue weighted by Gasteiger charge is -2.11. The third-order valence-electron chi connectivity index (χ3n) is 4.23. The fraction of sp³-hybridized carbons (Fsp3) is 0.136. The molecule has 0 saturated carbocycles. The number of benzene rings is 2. The summed E-state index contributed by atoms with van der Waals surface area (Å²) in [5.74, 6) is -0.517. The zero-order valence-corrected chi connectivity index (χ0v) is 16.8. The van der Waals surface area contributed by atoms with Crippen molar-refractivity contribution < 1.29 is 18.7 Å². The Morgan fingerprint density at radius 3 is 2.61 bits per heavy atom.